The quantitative estimate of drug-likeness (QED) is 0.711. The zero-order chi connectivity index (χ0) is 15.0. The molecule has 0 spiro atoms. The number of hydrogen-bond acceptors (Lipinski definition) is 4. The normalized spacial score (nSPS) is 10.7. The van der Waals surface area contributed by atoms with Crippen molar-refractivity contribution >= 4 is 60.9 Å². The maximum atomic E-state index is 13.5. The SMILES string of the molecule is NC(=S)c1cc(NC(=O)c2cc3sccc3s2)ccc1F. The molecule has 21 heavy (non-hydrogen) atoms. The van der Waals surface area contributed by atoms with Crippen molar-refractivity contribution in [2.45, 2.75) is 0 Å². The van der Waals surface area contributed by atoms with Crippen LogP contribution in [-0.4, -0.2) is 10.9 Å². The van der Waals surface area contributed by atoms with E-state index < -0.39 is 5.82 Å². The summed E-state index contributed by atoms with van der Waals surface area (Å²) < 4.78 is 15.7. The van der Waals surface area contributed by atoms with Gasteiger partial charge in [-0.3, -0.25) is 4.79 Å². The van der Waals surface area contributed by atoms with Crippen molar-refractivity contribution in [2.24, 2.45) is 5.73 Å². The van der Waals surface area contributed by atoms with Crippen LogP contribution in [0.15, 0.2) is 35.7 Å². The van der Waals surface area contributed by atoms with Crippen molar-refractivity contribution in [2.75, 3.05) is 5.32 Å². The van der Waals surface area contributed by atoms with Gasteiger partial charge < -0.3 is 11.1 Å². The van der Waals surface area contributed by atoms with Crippen molar-refractivity contribution < 1.29 is 9.18 Å². The van der Waals surface area contributed by atoms with Gasteiger partial charge in [0.25, 0.3) is 5.91 Å². The number of rotatable bonds is 3. The Morgan fingerprint density at radius 1 is 1.24 bits per heavy atom. The van der Waals surface area contributed by atoms with E-state index >= 15 is 0 Å². The molecule has 1 aromatic carbocycles. The van der Waals surface area contributed by atoms with Gasteiger partial charge in [-0.05, 0) is 35.7 Å². The molecule has 1 amide bonds. The number of fused-ring (bicyclic) bond motifs is 1. The van der Waals surface area contributed by atoms with Gasteiger partial charge in [-0.15, -0.1) is 22.7 Å². The Bertz CT molecular complexity index is 824. The van der Waals surface area contributed by atoms with Crippen LogP contribution in [0, 0.1) is 5.82 Å². The number of anilines is 1. The van der Waals surface area contributed by atoms with Gasteiger partial charge in [-0.25, -0.2) is 4.39 Å². The molecule has 0 radical (unpaired) electrons. The van der Waals surface area contributed by atoms with Gasteiger partial charge in [-0.2, -0.15) is 0 Å². The van der Waals surface area contributed by atoms with Crippen molar-refractivity contribution in [3.05, 3.63) is 52.0 Å². The minimum absolute atomic E-state index is 0.0414. The van der Waals surface area contributed by atoms with E-state index in [-0.39, 0.29) is 16.5 Å². The molecule has 7 heteroatoms. The summed E-state index contributed by atoms with van der Waals surface area (Å²) in [5.41, 5.74) is 6.02. The topological polar surface area (TPSA) is 55.1 Å². The van der Waals surface area contributed by atoms with Crippen LogP contribution in [0.4, 0.5) is 10.1 Å². The Balaban J connectivity index is 1.86. The molecule has 0 aliphatic rings. The standard InChI is InChI=1S/C14H9FN2OS3/c15-9-2-1-7(5-8(9)13(16)19)17-14(18)12-6-11-10(21-12)3-4-20-11/h1-6H,(H2,16,19)(H,17,18). The summed E-state index contributed by atoms with van der Waals surface area (Å²) in [4.78, 5) is 12.8. The van der Waals surface area contributed by atoms with E-state index in [1.165, 1.54) is 29.5 Å². The monoisotopic (exact) mass is 336 g/mol. The second-order valence-corrected chi connectivity index (χ2v) is 6.74. The number of benzene rings is 1. The number of thiophene rings is 2. The van der Waals surface area contributed by atoms with Crippen LogP contribution in [0.5, 0.6) is 0 Å². The predicted molar refractivity (Wildman–Crippen MR) is 89.9 cm³/mol. The second kappa shape index (κ2) is 5.51. The number of thiocarbonyl (C=S) groups is 1. The predicted octanol–water partition coefficient (Wildman–Crippen LogP) is 3.99. The van der Waals surface area contributed by atoms with Gasteiger partial charge in [0, 0.05) is 20.7 Å². The van der Waals surface area contributed by atoms with Gasteiger partial charge in [0.1, 0.15) is 10.8 Å². The summed E-state index contributed by atoms with van der Waals surface area (Å²) in [6, 6.07) is 7.97. The van der Waals surface area contributed by atoms with Crippen molar-refractivity contribution in [1.82, 2.24) is 0 Å². The van der Waals surface area contributed by atoms with E-state index in [1.54, 1.807) is 11.3 Å². The first kappa shape index (κ1) is 14.1. The van der Waals surface area contributed by atoms with Gasteiger partial charge in [0.05, 0.1) is 4.88 Å². The third kappa shape index (κ3) is 2.80. The lowest BCUT2D eigenvalue weighted by molar-refractivity contribution is 0.103. The molecule has 3 rings (SSSR count). The first-order chi connectivity index (χ1) is 10.0. The first-order valence-electron chi connectivity index (χ1n) is 5.92. The lowest BCUT2D eigenvalue weighted by Crippen LogP contribution is -2.14. The molecule has 2 aromatic heterocycles. The molecule has 3 N–H and O–H groups in total. The van der Waals surface area contributed by atoms with Crippen molar-refractivity contribution in [1.29, 1.82) is 0 Å². The summed E-state index contributed by atoms with van der Waals surface area (Å²) >= 11 is 7.78. The third-order valence-electron chi connectivity index (χ3n) is 2.85. The lowest BCUT2D eigenvalue weighted by Gasteiger charge is -2.06. The van der Waals surface area contributed by atoms with Crippen molar-refractivity contribution in [3.8, 4) is 0 Å². The number of hydrogen-bond donors (Lipinski definition) is 2. The smallest absolute Gasteiger partial charge is 0.265 e. The van der Waals surface area contributed by atoms with E-state index in [2.05, 4.69) is 5.32 Å². The van der Waals surface area contributed by atoms with E-state index in [4.69, 9.17) is 18.0 Å². The summed E-state index contributed by atoms with van der Waals surface area (Å²) in [5.74, 6) is -0.735. The number of halogens is 1. The highest BCUT2D eigenvalue weighted by Crippen LogP contribution is 2.30. The fraction of sp³-hybridized carbons (Fsp3) is 0. The molecule has 0 unspecified atom stereocenters. The number of carbonyl (C=O) groups excluding carboxylic acids is 1. The molecule has 0 aliphatic carbocycles. The van der Waals surface area contributed by atoms with Gasteiger partial charge >= 0.3 is 0 Å². The molecular weight excluding hydrogens is 327 g/mol. The maximum absolute atomic E-state index is 13.5. The average molecular weight is 336 g/mol. The molecule has 2 heterocycles. The van der Waals surface area contributed by atoms with Crippen LogP contribution in [-0.2, 0) is 0 Å². The molecule has 0 aliphatic heterocycles. The molecule has 3 nitrogen and oxygen atoms in total. The first-order valence-corrected chi connectivity index (χ1v) is 8.03. The summed E-state index contributed by atoms with van der Waals surface area (Å²) in [6.07, 6.45) is 0. The largest absolute Gasteiger partial charge is 0.389 e. The van der Waals surface area contributed by atoms with Gasteiger partial charge in [0.2, 0.25) is 0 Å². The molecule has 0 atom stereocenters. The Kier molecular flexibility index (Phi) is 3.71. The molecule has 3 aromatic rings. The highest BCUT2D eigenvalue weighted by Gasteiger charge is 2.13. The fourth-order valence-corrected chi connectivity index (χ4v) is 4.02. The molecule has 0 saturated heterocycles. The molecule has 0 saturated carbocycles. The molecule has 106 valence electrons. The maximum Gasteiger partial charge on any atom is 0.265 e. The average Bonchev–Trinajstić information content (AvgIpc) is 3.01. The Hall–Kier alpha value is -1.83. The van der Waals surface area contributed by atoms with Crippen LogP contribution < -0.4 is 11.1 Å². The fourth-order valence-electron chi connectivity index (χ4n) is 1.86. The van der Waals surface area contributed by atoms with E-state index in [0.29, 0.717) is 10.6 Å². The van der Waals surface area contributed by atoms with E-state index in [9.17, 15) is 9.18 Å². The Morgan fingerprint density at radius 3 is 2.76 bits per heavy atom. The summed E-state index contributed by atoms with van der Waals surface area (Å²) in [7, 11) is 0. The number of amides is 1. The lowest BCUT2D eigenvalue weighted by atomic mass is 10.2. The van der Waals surface area contributed by atoms with Gasteiger partial charge in [-0.1, -0.05) is 12.2 Å². The minimum atomic E-state index is -0.503. The Morgan fingerprint density at radius 2 is 2.05 bits per heavy atom. The summed E-state index contributed by atoms with van der Waals surface area (Å²) in [6.45, 7) is 0. The zero-order valence-corrected chi connectivity index (χ0v) is 13.0. The molecule has 0 bridgehead atoms. The minimum Gasteiger partial charge on any atom is -0.389 e. The second-order valence-electron chi connectivity index (χ2n) is 4.27. The van der Waals surface area contributed by atoms with Gasteiger partial charge in [0.15, 0.2) is 0 Å². The number of carbonyl (C=O) groups is 1. The summed E-state index contributed by atoms with van der Waals surface area (Å²) in [5, 5.41) is 4.71. The highest BCUT2D eigenvalue weighted by molar-refractivity contribution is 7.80. The van der Waals surface area contributed by atoms with Crippen LogP contribution in [0.2, 0.25) is 0 Å². The van der Waals surface area contributed by atoms with Crippen LogP contribution in [0.3, 0.4) is 0 Å². The van der Waals surface area contributed by atoms with Crippen LogP contribution in [0.25, 0.3) is 9.40 Å². The molecule has 0 fully saturated rings. The van der Waals surface area contributed by atoms with Crippen LogP contribution in [0.1, 0.15) is 15.2 Å². The third-order valence-corrected chi connectivity index (χ3v) is 5.16. The Labute approximate surface area is 133 Å². The number of nitrogens with one attached hydrogen (secondary N) is 1. The highest BCUT2D eigenvalue weighted by atomic mass is 32.1. The molecular formula is C14H9FN2OS3. The van der Waals surface area contributed by atoms with E-state index in [0.717, 1.165) is 9.40 Å². The zero-order valence-electron chi connectivity index (χ0n) is 10.6. The number of nitrogens with two attached hydrogens (primary N) is 1. The van der Waals surface area contributed by atoms with Crippen molar-refractivity contribution in [3.63, 3.8) is 0 Å². The van der Waals surface area contributed by atoms with E-state index in [1.807, 2.05) is 17.5 Å². The van der Waals surface area contributed by atoms with Crippen LogP contribution >= 0.6 is 34.9 Å².